The molecule has 0 saturated carbocycles. The second-order valence-electron chi connectivity index (χ2n) is 9.24. The molecule has 6 nitrogen and oxygen atoms in total. The Hall–Kier alpha value is -3.89. The summed E-state index contributed by atoms with van der Waals surface area (Å²) in [7, 11) is 0. The number of aliphatic carboxylic acids is 1. The molecule has 0 spiro atoms. The number of carbonyl (C=O) groups is 1. The highest BCUT2D eigenvalue weighted by molar-refractivity contribution is 5.70. The lowest BCUT2D eigenvalue weighted by atomic mass is 9.96. The van der Waals surface area contributed by atoms with Crippen molar-refractivity contribution in [1.82, 2.24) is 4.98 Å². The van der Waals surface area contributed by atoms with Gasteiger partial charge in [-0.3, -0.25) is 4.79 Å². The van der Waals surface area contributed by atoms with E-state index in [2.05, 4.69) is 16.8 Å². The molecule has 1 aliphatic carbocycles. The number of aromatic nitrogens is 1. The zero-order chi connectivity index (χ0) is 25.8. The summed E-state index contributed by atoms with van der Waals surface area (Å²) in [4.78, 5) is 15.6. The van der Waals surface area contributed by atoms with E-state index < -0.39 is 5.97 Å². The van der Waals surface area contributed by atoms with Gasteiger partial charge in [0.25, 0.3) is 0 Å². The van der Waals surface area contributed by atoms with Crippen molar-refractivity contribution in [3.63, 3.8) is 0 Å². The average molecular weight is 502 g/mol. The molecule has 7 heteroatoms. The number of carboxylic acids is 1. The van der Waals surface area contributed by atoms with Gasteiger partial charge in [-0.15, -0.1) is 5.92 Å². The summed E-state index contributed by atoms with van der Waals surface area (Å²) < 4.78 is 32.5. The van der Waals surface area contributed by atoms with Crippen molar-refractivity contribution in [2.24, 2.45) is 0 Å². The van der Waals surface area contributed by atoms with Crippen LogP contribution in [0.15, 0.2) is 54.7 Å². The lowest BCUT2D eigenvalue weighted by molar-refractivity contribution is -0.137. The summed E-state index contributed by atoms with van der Waals surface area (Å²) in [5.74, 6) is 5.40. The fourth-order valence-electron chi connectivity index (χ4n) is 4.99. The molecule has 0 bridgehead atoms. The predicted octanol–water partition coefficient (Wildman–Crippen LogP) is 5.70. The summed E-state index contributed by atoms with van der Waals surface area (Å²) in [6.07, 6.45) is 3.66. The van der Waals surface area contributed by atoms with Crippen LogP contribution in [0, 0.1) is 17.7 Å². The molecule has 1 aliphatic heterocycles. The Morgan fingerprint density at radius 3 is 2.68 bits per heavy atom. The highest BCUT2D eigenvalue weighted by atomic mass is 19.1. The topological polar surface area (TPSA) is 77.9 Å². The first kappa shape index (κ1) is 24.8. The summed E-state index contributed by atoms with van der Waals surface area (Å²) >= 11 is 0. The van der Waals surface area contributed by atoms with Gasteiger partial charge in [-0.05, 0) is 60.7 Å². The van der Waals surface area contributed by atoms with Gasteiger partial charge >= 0.3 is 5.97 Å². The highest BCUT2D eigenvalue weighted by Gasteiger charge is 2.29. The maximum atomic E-state index is 15.0. The molecule has 1 saturated heterocycles. The molecule has 2 aromatic carbocycles. The van der Waals surface area contributed by atoms with E-state index >= 15 is 4.39 Å². The number of benzene rings is 2. The Labute approximate surface area is 215 Å². The summed E-state index contributed by atoms with van der Waals surface area (Å²) in [5, 5.41) is 9.17. The lowest BCUT2D eigenvalue weighted by Gasteiger charge is -2.17. The van der Waals surface area contributed by atoms with E-state index in [0.29, 0.717) is 42.4 Å². The van der Waals surface area contributed by atoms with Gasteiger partial charge in [-0.1, -0.05) is 24.1 Å². The van der Waals surface area contributed by atoms with Crippen molar-refractivity contribution >= 4 is 5.97 Å². The molecule has 5 rings (SSSR count). The number of pyridine rings is 1. The van der Waals surface area contributed by atoms with Crippen LogP contribution in [-0.4, -0.2) is 35.4 Å². The molecule has 1 N–H and O–H groups in total. The van der Waals surface area contributed by atoms with Gasteiger partial charge in [0.15, 0.2) is 0 Å². The maximum Gasteiger partial charge on any atom is 0.304 e. The van der Waals surface area contributed by atoms with Gasteiger partial charge in [0.1, 0.15) is 23.8 Å². The molecule has 2 aliphatic rings. The zero-order valence-corrected chi connectivity index (χ0v) is 20.6. The number of hydrogen-bond acceptors (Lipinski definition) is 5. The van der Waals surface area contributed by atoms with Crippen LogP contribution in [0.2, 0.25) is 0 Å². The number of hydrogen-bond donors (Lipinski definition) is 1. The van der Waals surface area contributed by atoms with Crippen molar-refractivity contribution in [3.8, 4) is 34.6 Å². The van der Waals surface area contributed by atoms with Crippen LogP contribution in [0.25, 0.3) is 11.1 Å². The first-order chi connectivity index (χ1) is 18.0. The number of rotatable bonds is 8. The van der Waals surface area contributed by atoms with Crippen LogP contribution in [0.3, 0.4) is 0 Å². The number of nitrogens with zero attached hydrogens (tertiary/aromatic N) is 1. The van der Waals surface area contributed by atoms with Crippen molar-refractivity contribution in [2.45, 2.75) is 50.7 Å². The largest absolute Gasteiger partial charge is 0.486 e. The van der Waals surface area contributed by atoms with E-state index in [1.54, 1.807) is 25.3 Å². The molecule has 3 atom stereocenters. The highest BCUT2D eigenvalue weighted by Crippen LogP contribution is 2.41. The van der Waals surface area contributed by atoms with Gasteiger partial charge in [-0.2, -0.15) is 0 Å². The average Bonchev–Trinajstić information content (AvgIpc) is 3.55. The second kappa shape index (κ2) is 11.0. The molecule has 1 aromatic heterocycles. The summed E-state index contributed by atoms with van der Waals surface area (Å²) in [6, 6.07) is 14.3. The number of ether oxygens (including phenoxy) is 3. The first-order valence-electron chi connectivity index (χ1n) is 12.4. The van der Waals surface area contributed by atoms with E-state index in [0.717, 1.165) is 29.5 Å². The standard InChI is InChI=1S/C30H28FNO5/c1-2-3-20(16-29(33)34)19-4-7-22(8-5-19)36-27-12-10-25-24(27)9-11-26(31)30(25)21-6-13-28(32-17-21)37-23-14-15-35-18-23/h4-9,11,13,17,20,23,27H,10,12,14-16,18H2,1H3,(H,33,34)/t20-,23+,27+/m0/s1. The van der Waals surface area contributed by atoms with Crippen LogP contribution < -0.4 is 9.47 Å². The maximum absolute atomic E-state index is 15.0. The van der Waals surface area contributed by atoms with Crippen LogP contribution in [-0.2, 0) is 16.0 Å². The van der Waals surface area contributed by atoms with E-state index in [9.17, 15) is 9.90 Å². The van der Waals surface area contributed by atoms with Crippen LogP contribution >= 0.6 is 0 Å². The molecule has 0 radical (unpaired) electrons. The molecule has 2 heterocycles. The number of halogens is 1. The summed E-state index contributed by atoms with van der Waals surface area (Å²) in [5.41, 5.74) is 3.99. The van der Waals surface area contributed by atoms with Crippen molar-refractivity contribution < 1.29 is 28.5 Å². The summed E-state index contributed by atoms with van der Waals surface area (Å²) in [6.45, 7) is 2.95. The van der Waals surface area contributed by atoms with E-state index in [4.69, 9.17) is 14.2 Å². The van der Waals surface area contributed by atoms with Gasteiger partial charge in [0.05, 0.1) is 25.6 Å². The molecular formula is C30H28FNO5. The molecular weight excluding hydrogens is 473 g/mol. The minimum Gasteiger partial charge on any atom is -0.486 e. The minimum absolute atomic E-state index is 0.00524. The van der Waals surface area contributed by atoms with Crippen molar-refractivity contribution in [3.05, 3.63) is 77.2 Å². The Balaban J connectivity index is 1.32. The lowest BCUT2D eigenvalue weighted by Crippen LogP contribution is -2.16. The minimum atomic E-state index is -0.889. The molecule has 37 heavy (non-hydrogen) atoms. The van der Waals surface area contributed by atoms with E-state index in [1.807, 2.05) is 30.3 Å². The van der Waals surface area contributed by atoms with Crippen LogP contribution in [0.4, 0.5) is 4.39 Å². The van der Waals surface area contributed by atoms with Crippen LogP contribution in [0.1, 0.15) is 54.9 Å². The van der Waals surface area contributed by atoms with Crippen LogP contribution in [0.5, 0.6) is 11.6 Å². The van der Waals surface area contributed by atoms with Gasteiger partial charge in [-0.25, -0.2) is 9.37 Å². The van der Waals surface area contributed by atoms with Gasteiger partial charge in [0, 0.05) is 29.8 Å². The van der Waals surface area contributed by atoms with Gasteiger partial charge < -0.3 is 19.3 Å². The quantitative estimate of drug-likeness (QED) is 0.399. The van der Waals surface area contributed by atoms with Gasteiger partial charge in [0.2, 0.25) is 5.88 Å². The first-order valence-corrected chi connectivity index (χ1v) is 12.4. The van der Waals surface area contributed by atoms with E-state index in [-0.39, 0.29) is 30.4 Å². The molecule has 3 aromatic rings. The molecule has 0 amide bonds. The Kier molecular flexibility index (Phi) is 7.38. The third-order valence-corrected chi connectivity index (χ3v) is 6.76. The molecule has 0 unspecified atom stereocenters. The molecule has 1 fully saturated rings. The fourth-order valence-corrected chi connectivity index (χ4v) is 4.99. The second-order valence-corrected chi connectivity index (χ2v) is 9.24. The SMILES string of the molecule is CC#C[C@@H](CC(=O)O)c1ccc(O[C@@H]2CCc3c2ccc(F)c3-c2ccc(O[C@@H]3CCOC3)nc2)cc1. The smallest absolute Gasteiger partial charge is 0.304 e. The third kappa shape index (κ3) is 5.60. The Morgan fingerprint density at radius 2 is 2.00 bits per heavy atom. The van der Waals surface area contributed by atoms with Crippen molar-refractivity contribution in [2.75, 3.05) is 13.2 Å². The monoisotopic (exact) mass is 501 g/mol. The number of carboxylic acid groups (broad SMARTS) is 1. The zero-order valence-electron chi connectivity index (χ0n) is 20.6. The Bertz CT molecular complexity index is 1320. The predicted molar refractivity (Wildman–Crippen MR) is 136 cm³/mol. The fraction of sp³-hybridized carbons (Fsp3) is 0.333. The van der Waals surface area contributed by atoms with Crippen molar-refractivity contribution in [1.29, 1.82) is 0 Å². The number of fused-ring (bicyclic) bond motifs is 1. The Morgan fingerprint density at radius 1 is 1.16 bits per heavy atom. The third-order valence-electron chi connectivity index (χ3n) is 6.76. The molecule has 190 valence electrons. The normalized spacial score (nSPS) is 19.0. The van der Waals surface area contributed by atoms with E-state index in [1.165, 1.54) is 6.07 Å².